The lowest BCUT2D eigenvalue weighted by molar-refractivity contribution is -0.123. The zero-order valence-corrected chi connectivity index (χ0v) is 17.3. The lowest BCUT2D eigenvalue weighted by atomic mass is 10.0. The van der Waals surface area contributed by atoms with Crippen LogP contribution in [-0.2, 0) is 11.2 Å². The largest absolute Gasteiger partial charge is 0.483 e. The molecule has 0 aliphatic heterocycles. The topological polar surface area (TPSA) is 88.8 Å². The molecule has 1 heterocycles. The van der Waals surface area contributed by atoms with E-state index in [0.29, 0.717) is 16.9 Å². The van der Waals surface area contributed by atoms with Crippen molar-refractivity contribution in [3.05, 3.63) is 75.6 Å². The second-order valence-electron chi connectivity index (χ2n) is 7.28. The number of ether oxygens (including phenoxy) is 1. The average molecular weight is 409 g/mol. The molecular formula is C24H27NO5. The van der Waals surface area contributed by atoms with Crippen LogP contribution in [0.25, 0.3) is 11.0 Å². The third-order valence-corrected chi connectivity index (χ3v) is 5.03. The molecule has 6 nitrogen and oxygen atoms in total. The Morgan fingerprint density at radius 1 is 1.20 bits per heavy atom. The first-order valence-electron chi connectivity index (χ1n) is 10.2. The fraction of sp³-hybridized carbons (Fsp3) is 0.333. The molecule has 3 rings (SSSR count). The van der Waals surface area contributed by atoms with Crippen LogP contribution in [0.4, 0.5) is 0 Å². The maximum Gasteiger partial charge on any atom is 0.336 e. The van der Waals surface area contributed by atoms with Crippen LogP contribution in [-0.4, -0.2) is 24.2 Å². The van der Waals surface area contributed by atoms with Crippen molar-refractivity contribution in [2.75, 3.05) is 13.2 Å². The van der Waals surface area contributed by atoms with Gasteiger partial charge in [-0.15, -0.1) is 0 Å². The number of aliphatic hydroxyl groups excluding tert-OH is 1. The van der Waals surface area contributed by atoms with Crippen molar-refractivity contribution in [3.63, 3.8) is 0 Å². The van der Waals surface area contributed by atoms with Gasteiger partial charge in [-0.05, 0) is 43.0 Å². The summed E-state index contributed by atoms with van der Waals surface area (Å²) < 4.78 is 11.1. The molecule has 0 fully saturated rings. The minimum atomic E-state index is -0.784. The maximum absolute atomic E-state index is 12.1. The Hall–Kier alpha value is -3.12. The first kappa shape index (κ1) is 21.6. The predicted octanol–water partition coefficient (Wildman–Crippen LogP) is 3.67. The molecule has 0 aliphatic carbocycles. The number of benzene rings is 2. The van der Waals surface area contributed by atoms with Crippen LogP contribution < -0.4 is 15.7 Å². The van der Waals surface area contributed by atoms with E-state index in [2.05, 4.69) is 12.2 Å². The molecule has 0 saturated heterocycles. The summed E-state index contributed by atoms with van der Waals surface area (Å²) in [6.45, 7) is 3.81. The quantitative estimate of drug-likeness (QED) is 0.527. The van der Waals surface area contributed by atoms with Gasteiger partial charge in [-0.3, -0.25) is 4.79 Å². The SMILES string of the molecule is CCCCc1cc(=O)oc2c(C)c(OCC(=O)NC[C@@H](O)c3ccccc3)ccc12. The number of hydrogen-bond acceptors (Lipinski definition) is 5. The third-order valence-electron chi connectivity index (χ3n) is 5.03. The number of unbranched alkanes of at least 4 members (excludes halogenated alkanes) is 1. The van der Waals surface area contributed by atoms with Crippen LogP contribution in [0.1, 0.15) is 42.6 Å². The van der Waals surface area contributed by atoms with E-state index in [9.17, 15) is 14.7 Å². The van der Waals surface area contributed by atoms with Gasteiger partial charge in [0.2, 0.25) is 0 Å². The van der Waals surface area contributed by atoms with Gasteiger partial charge < -0.3 is 19.6 Å². The predicted molar refractivity (Wildman–Crippen MR) is 116 cm³/mol. The van der Waals surface area contributed by atoms with Crippen LogP contribution in [0.3, 0.4) is 0 Å². The number of aryl methyl sites for hydroxylation is 2. The van der Waals surface area contributed by atoms with Gasteiger partial charge in [-0.2, -0.15) is 0 Å². The number of aliphatic hydroxyl groups is 1. The van der Waals surface area contributed by atoms with Crippen molar-refractivity contribution in [1.82, 2.24) is 5.32 Å². The van der Waals surface area contributed by atoms with Crippen molar-refractivity contribution in [1.29, 1.82) is 0 Å². The van der Waals surface area contributed by atoms with Crippen LogP contribution in [0.5, 0.6) is 5.75 Å². The number of carbonyl (C=O) groups is 1. The van der Waals surface area contributed by atoms with E-state index in [1.165, 1.54) is 0 Å². The summed E-state index contributed by atoms with van der Waals surface area (Å²) in [5, 5.41) is 13.7. The first-order valence-corrected chi connectivity index (χ1v) is 10.2. The van der Waals surface area contributed by atoms with E-state index in [0.717, 1.165) is 35.8 Å². The number of fused-ring (bicyclic) bond motifs is 1. The van der Waals surface area contributed by atoms with E-state index in [1.54, 1.807) is 31.2 Å². The highest BCUT2D eigenvalue weighted by atomic mass is 16.5. The number of carbonyl (C=O) groups excluding carboxylic acids is 1. The molecular weight excluding hydrogens is 382 g/mol. The van der Waals surface area contributed by atoms with E-state index >= 15 is 0 Å². The molecule has 0 aliphatic rings. The molecule has 6 heteroatoms. The third kappa shape index (κ3) is 5.27. The van der Waals surface area contributed by atoms with Gasteiger partial charge in [0.1, 0.15) is 11.3 Å². The van der Waals surface area contributed by atoms with Gasteiger partial charge in [-0.1, -0.05) is 43.7 Å². The number of nitrogens with one attached hydrogen (secondary N) is 1. The Balaban J connectivity index is 1.65. The zero-order valence-electron chi connectivity index (χ0n) is 17.3. The Morgan fingerprint density at radius 2 is 1.97 bits per heavy atom. The van der Waals surface area contributed by atoms with Crippen LogP contribution in [0.15, 0.2) is 57.7 Å². The van der Waals surface area contributed by atoms with E-state index in [1.807, 2.05) is 24.3 Å². The van der Waals surface area contributed by atoms with Gasteiger partial charge in [0.25, 0.3) is 5.91 Å². The zero-order chi connectivity index (χ0) is 21.5. The van der Waals surface area contributed by atoms with Crippen LogP contribution in [0.2, 0.25) is 0 Å². The molecule has 30 heavy (non-hydrogen) atoms. The summed E-state index contributed by atoms with van der Waals surface area (Å²) >= 11 is 0. The summed E-state index contributed by atoms with van der Waals surface area (Å²) in [4.78, 5) is 24.1. The standard InChI is InChI=1S/C24H27NO5/c1-3-4-8-18-13-23(28)30-24-16(2)21(12-11-19(18)24)29-15-22(27)25-14-20(26)17-9-6-5-7-10-17/h5-7,9-13,20,26H,3-4,8,14-15H2,1-2H3,(H,25,27)/t20-/m1/s1. The van der Waals surface area contributed by atoms with Crippen molar-refractivity contribution >= 4 is 16.9 Å². The summed E-state index contributed by atoms with van der Waals surface area (Å²) in [7, 11) is 0. The first-order chi connectivity index (χ1) is 14.5. The fourth-order valence-corrected chi connectivity index (χ4v) is 3.34. The molecule has 0 spiro atoms. The lowest BCUT2D eigenvalue weighted by Gasteiger charge is -2.14. The molecule has 0 unspecified atom stereocenters. The molecule has 1 atom stereocenters. The van der Waals surface area contributed by atoms with E-state index in [-0.39, 0.29) is 24.7 Å². The average Bonchev–Trinajstić information content (AvgIpc) is 2.76. The highest BCUT2D eigenvalue weighted by molar-refractivity contribution is 5.85. The highest BCUT2D eigenvalue weighted by Gasteiger charge is 2.14. The van der Waals surface area contributed by atoms with Crippen molar-refractivity contribution in [3.8, 4) is 5.75 Å². The second-order valence-corrected chi connectivity index (χ2v) is 7.28. The summed E-state index contributed by atoms with van der Waals surface area (Å²) in [5.41, 5.74) is 2.48. The van der Waals surface area contributed by atoms with Crippen molar-refractivity contribution < 1.29 is 19.1 Å². The summed E-state index contributed by atoms with van der Waals surface area (Å²) in [5.74, 6) is 0.139. The van der Waals surface area contributed by atoms with Gasteiger partial charge >= 0.3 is 5.63 Å². The highest BCUT2D eigenvalue weighted by Crippen LogP contribution is 2.29. The normalized spacial score (nSPS) is 12.0. The fourth-order valence-electron chi connectivity index (χ4n) is 3.34. The Bertz CT molecular complexity index is 1060. The van der Waals surface area contributed by atoms with Crippen LogP contribution in [0, 0.1) is 6.92 Å². The monoisotopic (exact) mass is 409 g/mol. The van der Waals surface area contributed by atoms with E-state index in [4.69, 9.17) is 9.15 Å². The Labute approximate surface area is 175 Å². The molecule has 3 aromatic rings. The smallest absolute Gasteiger partial charge is 0.336 e. The Morgan fingerprint density at radius 3 is 2.70 bits per heavy atom. The molecule has 0 bridgehead atoms. The van der Waals surface area contributed by atoms with Gasteiger partial charge in [0.05, 0.1) is 6.10 Å². The molecule has 158 valence electrons. The van der Waals surface area contributed by atoms with Gasteiger partial charge in [0.15, 0.2) is 6.61 Å². The van der Waals surface area contributed by atoms with E-state index < -0.39 is 6.10 Å². The minimum Gasteiger partial charge on any atom is -0.483 e. The van der Waals surface area contributed by atoms with Crippen molar-refractivity contribution in [2.45, 2.75) is 39.2 Å². The Kier molecular flexibility index (Phi) is 7.25. The maximum atomic E-state index is 12.1. The van der Waals surface area contributed by atoms with Gasteiger partial charge in [0, 0.05) is 23.6 Å². The summed E-state index contributed by atoms with van der Waals surface area (Å²) in [6.07, 6.45) is 2.05. The van der Waals surface area contributed by atoms with Crippen molar-refractivity contribution in [2.24, 2.45) is 0 Å². The van der Waals surface area contributed by atoms with Crippen LogP contribution >= 0.6 is 0 Å². The molecule has 1 amide bonds. The minimum absolute atomic E-state index is 0.0958. The molecule has 0 radical (unpaired) electrons. The number of rotatable bonds is 9. The lowest BCUT2D eigenvalue weighted by Crippen LogP contribution is -2.32. The molecule has 1 aromatic heterocycles. The second kappa shape index (κ2) is 10.1. The molecule has 2 aromatic carbocycles. The molecule has 2 N–H and O–H groups in total. The van der Waals surface area contributed by atoms with Gasteiger partial charge in [-0.25, -0.2) is 4.79 Å². The molecule has 0 saturated carbocycles. The summed E-state index contributed by atoms with van der Waals surface area (Å²) in [6, 6.07) is 14.3. The number of amides is 1. The number of hydrogen-bond donors (Lipinski definition) is 2.